The third-order valence-corrected chi connectivity index (χ3v) is 6.77. The number of nitrogens with zero attached hydrogens (tertiary/aromatic N) is 3. The molecule has 0 radical (unpaired) electrons. The van der Waals surface area contributed by atoms with Crippen molar-refractivity contribution in [1.82, 2.24) is 14.4 Å². The van der Waals surface area contributed by atoms with Crippen LogP contribution >= 0.6 is 0 Å². The second kappa shape index (κ2) is 6.73. The average molecular weight is 410 g/mol. The number of aromatic nitrogens is 3. The number of hydrogen-bond acceptors (Lipinski definition) is 5. The maximum atomic E-state index is 12.4. The zero-order valence-electron chi connectivity index (χ0n) is 16.8. The summed E-state index contributed by atoms with van der Waals surface area (Å²) in [6, 6.07) is 17.0. The molecule has 4 rings (SSSR count). The molecule has 0 aliphatic rings. The first-order chi connectivity index (χ1) is 13.6. The largest absolute Gasteiger partial charge is 0.340 e. The van der Waals surface area contributed by atoms with Crippen molar-refractivity contribution in [2.24, 2.45) is 0 Å². The number of fused-ring (bicyclic) bond motifs is 3. The van der Waals surface area contributed by atoms with E-state index < -0.39 is 14.8 Å². The van der Waals surface area contributed by atoms with Crippen molar-refractivity contribution >= 4 is 44.0 Å². The van der Waals surface area contributed by atoms with E-state index in [2.05, 4.69) is 20.0 Å². The van der Waals surface area contributed by atoms with Crippen LogP contribution in [0.2, 0.25) is 0 Å². The molecule has 8 heteroatoms. The van der Waals surface area contributed by atoms with Crippen molar-refractivity contribution in [2.75, 3.05) is 10.0 Å². The number of aryl methyl sites for hydroxylation is 1. The van der Waals surface area contributed by atoms with Crippen LogP contribution in [-0.2, 0) is 10.0 Å². The van der Waals surface area contributed by atoms with Gasteiger partial charge in [0, 0.05) is 17.4 Å². The Bertz CT molecular complexity index is 1320. The molecule has 0 amide bonds. The summed E-state index contributed by atoms with van der Waals surface area (Å²) in [5.74, 6) is 1.25. The van der Waals surface area contributed by atoms with Crippen LogP contribution in [0.15, 0.2) is 54.6 Å². The van der Waals surface area contributed by atoms with Crippen LogP contribution < -0.4 is 10.0 Å². The number of hydrogen-bond donors (Lipinski definition) is 2. The van der Waals surface area contributed by atoms with Crippen molar-refractivity contribution in [3.8, 4) is 0 Å². The van der Waals surface area contributed by atoms with Gasteiger partial charge in [0.2, 0.25) is 15.8 Å². The van der Waals surface area contributed by atoms with E-state index in [1.165, 1.54) is 0 Å². The van der Waals surface area contributed by atoms with E-state index in [4.69, 9.17) is 0 Å². The fraction of sp³-hybridized carbons (Fsp3) is 0.238. The number of para-hydroxylation sites is 2. The predicted octanol–water partition coefficient (Wildman–Crippen LogP) is 4.47. The summed E-state index contributed by atoms with van der Waals surface area (Å²) in [6.45, 7) is 6.98. The van der Waals surface area contributed by atoms with Crippen LogP contribution in [0, 0.1) is 6.92 Å². The SMILES string of the molecule is Cc1cc(Nc2cccc(NS(=O)(=O)C(C)(C)C)c2)nc2nc3ccccc3n12. The summed E-state index contributed by atoms with van der Waals surface area (Å²) in [4.78, 5) is 9.21. The van der Waals surface area contributed by atoms with E-state index in [0.29, 0.717) is 17.3 Å². The van der Waals surface area contributed by atoms with E-state index in [-0.39, 0.29) is 0 Å². The zero-order valence-corrected chi connectivity index (χ0v) is 17.6. The van der Waals surface area contributed by atoms with Crippen LogP contribution in [0.25, 0.3) is 16.8 Å². The Balaban J connectivity index is 1.66. The lowest BCUT2D eigenvalue weighted by Gasteiger charge is -2.20. The highest BCUT2D eigenvalue weighted by Gasteiger charge is 2.28. The fourth-order valence-corrected chi connectivity index (χ4v) is 3.76. The van der Waals surface area contributed by atoms with Gasteiger partial charge in [-0.25, -0.2) is 13.4 Å². The quantitative estimate of drug-likeness (QED) is 0.519. The Morgan fingerprint density at radius 3 is 2.41 bits per heavy atom. The molecule has 0 saturated heterocycles. The van der Waals surface area contributed by atoms with Gasteiger partial charge in [0.1, 0.15) is 5.82 Å². The third kappa shape index (κ3) is 3.63. The second-order valence-electron chi connectivity index (χ2n) is 7.94. The number of rotatable bonds is 4. The molecule has 2 aromatic carbocycles. The molecule has 4 aromatic rings. The van der Waals surface area contributed by atoms with E-state index in [1.54, 1.807) is 39.0 Å². The van der Waals surface area contributed by atoms with Crippen LogP contribution in [-0.4, -0.2) is 27.5 Å². The van der Waals surface area contributed by atoms with E-state index in [9.17, 15) is 8.42 Å². The molecule has 2 heterocycles. The predicted molar refractivity (Wildman–Crippen MR) is 117 cm³/mol. The molecular formula is C21H23N5O2S. The summed E-state index contributed by atoms with van der Waals surface area (Å²) in [5, 5.41) is 3.25. The molecule has 0 fully saturated rings. The van der Waals surface area contributed by atoms with Crippen molar-refractivity contribution < 1.29 is 8.42 Å². The van der Waals surface area contributed by atoms with Crippen molar-refractivity contribution in [1.29, 1.82) is 0 Å². The maximum Gasteiger partial charge on any atom is 0.237 e. The minimum absolute atomic E-state index is 0.495. The van der Waals surface area contributed by atoms with Crippen LogP contribution in [0.5, 0.6) is 0 Å². The second-order valence-corrected chi connectivity index (χ2v) is 10.4. The van der Waals surface area contributed by atoms with E-state index >= 15 is 0 Å². The highest BCUT2D eigenvalue weighted by Crippen LogP contribution is 2.25. The Morgan fingerprint density at radius 1 is 0.931 bits per heavy atom. The first-order valence-corrected chi connectivity index (χ1v) is 10.8. The van der Waals surface area contributed by atoms with Crippen LogP contribution in [0.3, 0.4) is 0 Å². The first kappa shape index (κ1) is 19.2. The minimum Gasteiger partial charge on any atom is -0.340 e. The molecule has 0 atom stereocenters. The van der Waals surface area contributed by atoms with Crippen molar-refractivity contribution in [3.05, 3.63) is 60.3 Å². The van der Waals surface area contributed by atoms with Crippen molar-refractivity contribution in [3.63, 3.8) is 0 Å². The zero-order chi connectivity index (χ0) is 20.8. The van der Waals surface area contributed by atoms with Gasteiger partial charge in [0.25, 0.3) is 0 Å². The van der Waals surface area contributed by atoms with Gasteiger partial charge in [-0.3, -0.25) is 9.12 Å². The fourth-order valence-electron chi connectivity index (χ4n) is 3.02. The van der Waals surface area contributed by atoms with E-state index in [0.717, 1.165) is 22.4 Å². The number of nitrogens with one attached hydrogen (secondary N) is 2. The monoisotopic (exact) mass is 409 g/mol. The first-order valence-electron chi connectivity index (χ1n) is 9.28. The molecule has 2 aromatic heterocycles. The lowest BCUT2D eigenvalue weighted by molar-refractivity contribution is 0.566. The summed E-state index contributed by atoms with van der Waals surface area (Å²) in [7, 11) is -3.50. The Morgan fingerprint density at radius 2 is 1.66 bits per heavy atom. The molecule has 29 heavy (non-hydrogen) atoms. The van der Waals surface area contributed by atoms with Gasteiger partial charge in [0.05, 0.1) is 21.5 Å². The van der Waals surface area contributed by atoms with Gasteiger partial charge in [-0.05, 0) is 58.0 Å². The Hall–Kier alpha value is -3.13. The van der Waals surface area contributed by atoms with E-state index in [1.807, 2.05) is 47.7 Å². The standard InChI is InChI=1S/C21H23N5O2S/c1-14-12-19(24-20-23-17-10-5-6-11-18(17)26(14)20)22-15-8-7-9-16(13-15)25-29(27,28)21(2,3)4/h5-13,25H,1-4H3,(H,22,23,24). The third-order valence-electron chi connectivity index (χ3n) is 4.66. The summed E-state index contributed by atoms with van der Waals surface area (Å²) in [6.07, 6.45) is 0. The molecule has 0 unspecified atom stereocenters. The molecule has 0 aliphatic carbocycles. The van der Waals surface area contributed by atoms with Gasteiger partial charge in [-0.15, -0.1) is 0 Å². The minimum atomic E-state index is -3.50. The van der Waals surface area contributed by atoms with Crippen LogP contribution in [0.4, 0.5) is 17.2 Å². The summed E-state index contributed by atoms with van der Waals surface area (Å²) in [5.41, 5.74) is 4.12. The van der Waals surface area contributed by atoms with Crippen LogP contribution in [0.1, 0.15) is 26.5 Å². The molecule has 150 valence electrons. The average Bonchev–Trinajstić information content (AvgIpc) is 2.99. The highest BCUT2D eigenvalue weighted by atomic mass is 32.2. The number of anilines is 3. The normalized spacial score (nSPS) is 12.4. The molecule has 2 N–H and O–H groups in total. The van der Waals surface area contributed by atoms with Gasteiger partial charge >= 0.3 is 0 Å². The Kier molecular flexibility index (Phi) is 4.46. The molecule has 0 spiro atoms. The number of benzene rings is 2. The molecule has 7 nitrogen and oxygen atoms in total. The van der Waals surface area contributed by atoms with Gasteiger partial charge in [-0.2, -0.15) is 4.98 Å². The molecule has 0 saturated carbocycles. The number of sulfonamides is 1. The summed E-state index contributed by atoms with van der Waals surface area (Å²) < 4.78 is 28.6. The highest BCUT2D eigenvalue weighted by molar-refractivity contribution is 7.94. The topological polar surface area (TPSA) is 88.4 Å². The Labute approximate surface area is 169 Å². The lowest BCUT2D eigenvalue weighted by Crippen LogP contribution is -2.33. The maximum absolute atomic E-state index is 12.4. The van der Waals surface area contributed by atoms with Crippen molar-refractivity contribution in [2.45, 2.75) is 32.4 Å². The molecule has 0 bridgehead atoms. The molecule has 0 aliphatic heterocycles. The van der Waals surface area contributed by atoms with Gasteiger partial charge in [-0.1, -0.05) is 18.2 Å². The van der Waals surface area contributed by atoms with Gasteiger partial charge < -0.3 is 5.32 Å². The van der Waals surface area contributed by atoms with Gasteiger partial charge in [0.15, 0.2) is 0 Å². The summed E-state index contributed by atoms with van der Waals surface area (Å²) >= 11 is 0. The molecular weight excluding hydrogens is 386 g/mol. The smallest absolute Gasteiger partial charge is 0.237 e. The number of imidazole rings is 1. The lowest BCUT2D eigenvalue weighted by atomic mass is 10.3.